The smallest absolute Gasteiger partial charge is 0.301 e. The van der Waals surface area contributed by atoms with Crippen LogP contribution in [0.5, 0.6) is 0 Å². The molecule has 1 N–H and O–H groups in total. The van der Waals surface area contributed by atoms with Gasteiger partial charge in [0.25, 0.3) is 0 Å². The van der Waals surface area contributed by atoms with Gasteiger partial charge in [0.1, 0.15) is 0 Å². The molecule has 0 heterocycles. The first kappa shape index (κ1) is 9.43. The highest BCUT2D eigenvalue weighted by Gasteiger charge is 1.99. The van der Waals surface area contributed by atoms with E-state index >= 15 is 0 Å². The van der Waals surface area contributed by atoms with Crippen LogP contribution in [0.15, 0.2) is 0 Å². The Bertz CT molecular complexity index is 90.9. The van der Waals surface area contributed by atoms with Crippen molar-refractivity contribution in [3.8, 4) is 0 Å². The second kappa shape index (κ2) is 6.55. The van der Waals surface area contributed by atoms with Crippen LogP contribution in [0, 0.1) is 0 Å². The third-order valence-corrected chi connectivity index (χ3v) is 1.34. The van der Waals surface area contributed by atoms with Crippen molar-refractivity contribution in [3.63, 3.8) is 0 Å². The summed E-state index contributed by atoms with van der Waals surface area (Å²) in [6.45, 7) is 2.10. The maximum Gasteiger partial charge on any atom is 0.342 e. The molecule has 0 amide bonds. The summed E-state index contributed by atoms with van der Waals surface area (Å²) in [5.41, 5.74) is 0. The molecule has 0 saturated carbocycles. The van der Waals surface area contributed by atoms with E-state index in [4.69, 9.17) is 5.26 Å². The molecule has 0 unspecified atom stereocenters. The topological polar surface area (TPSA) is 46.5 Å². The molecule has 0 bridgehead atoms. The SMILES string of the molecule is CCCCCCC(=O)OO. The summed E-state index contributed by atoms with van der Waals surface area (Å²) in [6, 6.07) is 0. The Morgan fingerprint density at radius 2 is 2.10 bits per heavy atom. The monoisotopic (exact) mass is 146 g/mol. The molecule has 0 aliphatic heterocycles. The first-order valence-electron chi connectivity index (χ1n) is 3.65. The molecular weight excluding hydrogens is 132 g/mol. The van der Waals surface area contributed by atoms with Crippen LogP contribution in [-0.2, 0) is 9.68 Å². The highest BCUT2D eigenvalue weighted by Crippen LogP contribution is 2.02. The maximum atomic E-state index is 10.3. The van der Waals surface area contributed by atoms with E-state index in [0.29, 0.717) is 6.42 Å². The predicted octanol–water partition coefficient (Wildman–Crippen LogP) is 1.97. The summed E-state index contributed by atoms with van der Waals surface area (Å²) in [7, 11) is 0. The summed E-state index contributed by atoms with van der Waals surface area (Å²) >= 11 is 0. The molecule has 0 fully saturated rings. The van der Waals surface area contributed by atoms with E-state index in [0.717, 1.165) is 25.7 Å². The first-order chi connectivity index (χ1) is 4.81. The molecule has 10 heavy (non-hydrogen) atoms. The Morgan fingerprint density at radius 3 is 2.60 bits per heavy atom. The molecule has 0 saturated heterocycles. The number of carbonyl (C=O) groups excluding carboxylic acids is 1. The van der Waals surface area contributed by atoms with Gasteiger partial charge in [0.2, 0.25) is 0 Å². The van der Waals surface area contributed by atoms with Crippen LogP contribution in [0.3, 0.4) is 0 Å². The molecule has 60 valence electrons. The molecule has 0 aromatic carbocycles. The Labute approximate surface area is 60.9 Å². The van der Waals surface area contributed by atoms with Crippen molar-refractivity contribution in [2.24, 2.45) is 0 Å². The summed E-state index contributed by atoms with van der Waals surface area (Å²) in [6.07, 6.45) is 4.46. The van der Waals surface area contributed by atoms with Crippen molar-refractivity contribution in [3.05, 3.63) is 0 Å². The molecule has 3 nitrogen and oxygen atoms in total. The van der Waals surface area contributed by atoms with Crippen molar-refractivity contribution in [2.75, 3.05) is 0 Å². The highest BCUT2D eigenvalue weighted by atomic mass is 17.1. The van der Waals surface area contributed by atoms with Gasteiger partial charge >= 0.3 is 5.97 Å². The summed E-state index contributed by atoms with van der Waals surface area (Å²) < 4.78 is 0. The molecule has 0 aromatic heterocycles. The number of rotatable bonds is 5. The van der Waals surface area contributed by atoms with Gasteiger partial charge in [-0.05, 0) is 6.42 Å². The highest BCUT2D eigenvalue weighted by molar-refractivity contribution is 5.68. The minimum Gasteiger partial charge on any atom is -0.301 e. The lowest BCUT2D eigenvalue weighted by atomic mass is 10.2. The van der Waals surface area contributed by atoms with E-state index in [9.17, 15) is 4.79 Å². The standard InChI is InChI=1S/C7H14O3/c1-2-3-4-5-6-7(8)10-9/h9H,2-6H2,1H3. The van der Waals surface area contributed by atoms with Gasteiger partial charge in [0.05, 0.1) is 0 Å². The van der Waals surface area contributed by atoms with E-state index in [1.807, 2.05) is 0 Å². The van der Waals surface area contributed by atoms with Gasteiger partial charge < -0.3 is 4.89 Å². The van der Waals surface area contributed by atoms with E-state index in [1.165, 1.54) is 0 Å². The third kappa shape index (κ3) is 5.56. The van der Waals surface area contributed by atoms with Crippen molar-refractivity contribution >= 4 is 5.97 Å². The zero-order valence-electron chi connectivity index (χ0n) is 6.30. The van der Waals surface area contributed by atoms with E-state index in [1.54, 1.807) is 0 Å². The number of hydrogen-bond acceptors (Lipinski definition) is 3. The first-order valence-corrected chi connectivity index (χ1v) is 3.65. The Balaban J connectivity index is 2.96. The van der Waals surface area contributed by atoms with Crippen LogP contribution in [0.4, 0.5) is 0 Å². The minimum atomic E-state index is -0.531. The molecule has 0 aromatic rings. The zero-order chi connectivity index (χ0) is 7.82. The lowest BCUT2D eigenvalue weighted by molar-refractivity contribution is -0.234. The van der Waals surface area contributed by atoms with Crippen molar-refractivity contribution in [1.29, 1.82) is 0 Å². The number of unbranched alkanes of at least 4 members (excludes halogenated alkanes) is 3. The van der Waals surface area contributed by atoms with E-state index in [2.05, 4.69) is 11.8 Å². The number of hydrogen-bond donors (Lipinski definition) is 1. The fourth-order valence-electron chi connectivity index (χ4n) is 0.742. The molecule has 0 aliphatic carbocycles. The number of carbonyl (C=O) groups is 1. The fourth-order valence-corrected chi connectivity index (χ4v) is 0.742. The van der Waals surface area contributed by atoms with Gasteiger partial charge in [-0.3, -0.25) is 0 Å². The zero-order valence-corrected chi connectivity index (χ0v) is 6.30. The van der Waals surface area contributed by atoms with Gasteiger partial charge in [-0.15, -0.1) is 0 Å². The molecule has 3 heteroatoms. The summed E-state index contributed by atoms with van der Waals surface area (Å²) in [4.78, 5) is 13.8. The van der Waals surface area contributed by atoms with Gasteiger partial charge in [-0.2, -0.15) is 5.26 Å². The van der Waals surface area contributed by atoms with E-state index in [-0.39, 0.29) is 0 Å². The normalized spacial score (nSPS) is 9.40. The Morgan fingerprint density at radius 1 is 1.40 bits per heavy atom. The van der Waals surface area contributed by atoms with Gasteiger partial charge in [0, 0.05) is 6.42 Å². The second-order valence-corrected chi connectivity index (χ2v) is 2.27. The molecule has 0 rings (SSSR count). The van der Waals surface area contributed by atoms with Crippen LogP contribution in [0.1, 0.15) is 39.0 Å². The van der Waals surface area contributed by atoms with Gasteiger partial charge in [-0.25, -0.2) is 4.79 Å². The van der Waals surface area contributed by atoms with Gasteiger partial charge in [0.15, 0.2) is 0 Å². The average Bonchev–Trinajstić information content (AvgIpc) is 1.98. The van der Waals surface area contributed by atoms with Crippen LogP contribution in [-0.4, -0.2) is 11.2 Å². The lowest BCUT2D eigenvalue weighted by Crippen LogP contribution is -1.99. The van der Waals surface area contributed by atoms with Crippen molar-refractivity contribution < 1.29 is 14.9 Å². The van der Waals surface area contributed by atoms with Crippen molar-refractivity contribution in [1.82, 2.24) is 0 Å². The third-order valence-electron chi connectivity index (χ3n) is 1.34. The van der Waals surface area contributed by atoms with Crippen LogP contribution in [0.2, 0.25) is 0 Å². The average molecular weight is 146 g/mol. The Hall–Kier alpha value is -0.570. The molecule has 0 radical (unpaired) electrons. The molecule has 0 atom stereocenters. The van der Waals surface area contributed by atoms with Crippen LogP contribution < -0.4 is 0 Å². The second-order valence-electron chi connectivity index (χ2n) is 2.27. The Kier molecular flexibility index (Phi) is 6.18. The lowest BCUT2D eigenvalue weighted by Gasteiger charge is -1.95. The minimum absolute atomic E-state index is 0.330. The maximum absolute atomic E-state index is 10.3. The molecular formula is C7H14O3. The largest absolute Gasteiger partial charge is 0.342 e. The summed E-state index contributed by atoms with van der Waals surface area (Å²) in [5.74, 6) is -0.531. The molecule has 0 spiro atoms. The van der Waals surface area contributed by atoms with E-state index < -0.39 is 5.97 Å². The van der Waals surface area contributed by atoms with Crippen LogP contribution >= 0.6 is 0 Å². The summed E-state index contributed by atoms with van der Waals surface area (Å²) in [5, 5.41) is 7.84. The predicted molar refractivity (Wildman–Crippen MR) is 37.5 cm³/mol. The fraction of sp³-hybridized carbons (Fsp3) is 0.857. The van der Waals surface area contributed by atoms with Crippen LogP contribution in [0.25, 0.3) is 0 Å². The quantitative estimate of drug-likeness (QED) is 0.366. The van der Waals surface area contributed by atoms with Crippen molar-refractivity contribution in [2.45, 2.75) is 39.0 Å². The molecule has 0 aliphatic rings. The van der Waals surface area contributed by atoms with Gasteiger partial charge in [-0.1, -0.05) is 26.2 Å².